The highest BCUT2D eigenvalue weighted by atomic mass is 19.4. The van der Waals surface area contributed by atoms with Crippen molar-refractivity contribution in [1.29, 1.82) is 0 Å². The van der Waals surface area contributed by atoms with Crippen LogP contribution in [0.25, 0.3) is 0 Å². The van der Waals surface area contributed by atoms with E-state index < -0.39 is 29.1 Å². The number of hydrogen-bond acceptors (Lipinski definition) is 3. The second-order valence-corrected chi connectivity index (χ2v) is 7.50. The molecule has 0 atom stereocenters. The van der Waals surface area contributed by atoms with Gasteiger partial charge in [0.1, 0.15) is 5.82 Å². The van der Waals surface area contributed by atoms with Crippen LogP contribution in [0.15, 0.2) is 17.1 Å². The van der Waals surface area contributed by atoms with Crippen molar-refractivity contribution >= 4 is 17.6 Å². The third-order valence-electron chi connectivity index (χ3n) is 4.71. The lowest BCUT2D eigenvalue weighted by Crippen LogP contribution is -2.41. The molecule has 0 unspecified atom stereocenters. The van der Waals surface area contributed by atoms with Gasteiger partial charge in [0.15, 0.2) is 0 Å². The lowest BCUT2D eigenvalue weighted by molar-refractivity contribution is -0.137. The zero-order valence-corrected chi connectivity index (χ0v) is 16.3. The third kappa shape index (κ3) is 5.92. The van der Waals surface area contributed by atoms with Crippen LogP contribution in [0.4, 0.5) is 23.2 Å². The van der Waals surface area contributed by atoms with Gasteiger partial charge in [-0.25, -0.2) is 9.38 Å². The topological polar surface area (TPSA) is 62.7 Å². The molecule has 1 aromatic carbocycles. The number of nitrogens with zero attached hydrogens (tertiary/aromatic N) is 1. The molecule has 2 N–H and O–H groups in total. The van der Waals surface area contributed by atoms with Crippen molar-refractivity contribution in [2.45, 2.75) is 64.3 Å². The lowest BCUT2D eigenvalue weighted by Gasteiger charge is -2.25. The Morgan fingerprint density at radius 1 is 1.29 bits per heavy atom. The van der Waals surface area contributed by atoms with Crippen molar-refractivity contribution in [1.82, 2.24) is 5.32 Å². The smallest absolute Gasteiger partial charge is 0.378 e. The molecule has 0 radical (unpaired) electrons. The molecule has 5 nitrogen and oxygen atoms in total. The van der Waals surface area contributed by atoms with E-state index in [1.807, 2.05) is 0 Å². The molecule has 0 aromatic heterocycles. The van der Waals surface area contributed by atoms with E-state index in [4.69, 9.17) is 4.74 Å². The summed E-state index contributed by atoms with van der Waals surface area (Å²) in [5.41, 5.74) is -1.94. The van der Waals surface area contributed by atoms with Crippen molar-refractivity contribution in [2.75, 3.05) is 12.4 Å². The zero-order valence-electron chi connectivity index (χ0n) is 16.3. The quantitative estimate of drug-likeness (QED) is 0.435. The molecule has 0 aliphatic heterocycles. The molecule has 1 amide bonds. The van der Waals surface area contributed by atoms with Crippen LogP contribution in [0.5, 0.6) is 0 Å². The molecule has 156 valence electrons. The Kier molecular flexibility index (Phi) is 6.69. The van der Waals surface area contributed by atoms with Crippen molar-refractivity contribution in [3.05, 3.63) is 29.1 Å². The number of hydrogen-bond donors (Lipinski definition) is 2. The van der Waals surface area contributed by atoms with E-state index in [2.05, 4.69) is 15.6 Å². The molecule has 1 saturated carbocycles. The van der Waals surface area contributed by atoms with Crippen molar-refractivity contribution in [3.63, 3.8) is 0 Å². The minimum atomic E-state index is -4.69. The number of ether oxygens (including phenoxy) is 1. The van der Waals surface area contributed by atoms with Gasteiger partial charge in [0.25, 0.3) is 0 Å². The monoisotopic (exact) mass is 403 g/mol. The molecule has 0 bridgehead atoms. The minimum Gasteiger partial charge on any atom is -0.378 e. The number of halogens is 4. The Bertz CT molecular complexity index is 756. The Balaban J connectivity index is 2.27. The number of methoxy groups -OCH3 is 1. The molecule has 1 aliphatic carbocycles. The summed E-state index contributed by atoms with van der Waals surface area (Å²) in [6, 6.07) is 1.22. The predicted octanol–water partition coefficient (Wildman–Crippen LogP) is 4.40. The van der Waals surface area contributed by atoms with E-state index in [1.165, 1.54) is 14.0 Å². The number of carbonyl (C=O) groups is 1. The fourth-order valence-corrected chi connectivity index (χ4v) is 2.53. The van der Waals surface area contributed by atoms with Crippen LogP contribution < -0.4 is 10.6 Å². The second-order valence-electron chi connectivity index (χ2n) is 7.50. The fourth-order valence-electron chi connectivity index (χ4n) is 2.53. The van der Waals surface area contributed by atoms with Gasteiger partial charge in [-0.3, -0.25) is 10.1 Å². The molecule has 0 heterocycles. The number of guanidine groups is 1. The highest BCUT2D eigenvalue weighted by Gasteiger charge is 2.32. The average molecular weight is 403 g/mol. The van der Waals surface area contributed by atoms with Gasteiger partial charge in [-0.05, 0) is 52.2 Å². The summed E-state index contributed by atoms with van der Waals surface area (Å²) >= 11 is 0. The van der Waals surface area contributed by atoms with E-state index in [1.54, 1.807) is 13.8 Å². The first-order chi connectivity index (χ1) is 12.9. The molecular formula is C19H25F4N3O2. The van der Waals surface area contributed by atoms with Gasteiger partial charge in [0.05, 0.1) is 23.6 Å². The van der Waals surface area contributed by atoms with Gasteiger partial charge in [-0.15, -0.1) is 0 Å². The Morgan fingerprint density at radius 2 is 1.93 bits per heavy atom. The number of amides is 1. The SMILES string of the molecule is COC(C)(C)CC(=O)NC(=NC1CCC1)Nc1cc(C(F)(F)F)cc(F)c1C. The highest BCUT2D eigenvalue weighted by Crippen LogP contribution is 2.33. The second kappa shape index (κ2) is 8.46. The summed E-state index contributed by atoms with van der Waals surface area (Å²) in [7, 11) is 1.48. The van der Waals surface area contributed by atoms with E-state index in [9.17, 15) is 22.4 Å². The Labute approximate surface area is 161 Å². The van der Waals surface area contributed by atoms with Crippen molar-refractivity contribution < 1.29 is 27.1 Å². The number of anilines is 1. The van der Waals surface area contributed by atoms with Crippen LogP contribution in [0.1, 0.15) is 50.7 Å². The number of rotatable bonds is 5. The van der Waals surface area contributed by atoms with Gasteiger partial charge in [-0.2, -0.15) is 13.2 Å². The summed E-state index contributed by atoms with van der Waals surface area (Å²) in [5, 5.41) is 5.25. The summed E-state index contributed by atoms with van der Waals surface area (Å²) in [6.45, 7) is 4.82. The van der Waals surface area contributed by atoms with Crippen molar-refractivity contribution in [3.8, 4) is 0 Å². The molecule has 0 saturated heterocycles. The molecule has 1 aliphatic rings. The maximum atomic E-state index is 14.0. The summed E-state index contributed by atoms with van der Waals surface area (Å²) < 4.78 is 58.3. The minimum absolute atomic E-state index is 0.000722. The van der Waals surface area contributed by atoms with Crippen LogP contribution in [-0.2, 0) is 15.7 Å². The first kappa shape index (κ1) is 22.1. The maximum Gasteiger partial charge on any atom is 0.416 e. The van der Waals surface area contributed by atoms with Crippen LogP contribution in [0.3, 0.4) is 0 Å². The molecule has 28 heavy (non-hydrogen) atoms. The lowest BCUT2D eigenvalue weighted by atomic mass is 9.94. The first-order valence-corrected chi connectivity index (χ1v) is 8.98. The number of carbonyl (C=O) groups excluding carboxylic acids is 1. The van der Waals surface area contributed by atoms with E-state index in [-0.39, 0.29) is 29.7 Å². The molecule has 1 aromatic rings. The number of aliphatic imine (C=N–C) groups is 1. The zero-order chi connectivity index (χ0) is 21.1. The normalized spacial score (nSPS) is 15.9. The molecule has 0 spiro atoms. The van der Waals surface area contributed by atoms with Crippen LogP contribution in [0, 0.1) is 12.7 Å². The number of alkyl halides is 3. The predicted molar refractivity (Wildman–Crippen MR) is 98.7 cm³/mol. The van der Waals surface area contributed by atoms with Gasteiger partial charge < -0.3 is 10.1 Å². The van der Waals surface area contributed by atoms with Gasteiger partial charge in [-0.1, -0.05) is 0 Å². The largest absolute Gasteiger partial charge is 0.416 e. The van der Waals surface area contributed by atoms with Gasteiger partial charge >= 0.3 is 6.18 Å². The van der Waals surface area contributed by atoms with E-state index in [0.717, 1.165) is 25.3 Å². The summed E-state index contributed by atoms with van der Waals surface area (Å²) in [5.74, 6) is -1.40. The van der Waals surface area contributed by atoms with Crippen LogP contribution >= 0.6 is 0 Å². The molecule has 2 rings (SSSR count). The number of benzene rings is 1. The third-order valence-corrected chi connectivity index (χ3v) is 4.71. The molecule has 1 fully saturated rings. The first-order valence-electron chi connectivity index (χ1n) is 8.98. The Hall–Kier alpha value is -2.16. The summed E-state index contributed by atoms with van der Waals surface area (Å²) in [4.78, 5) is 16.7. The molecule has 9 heteroatoms. The standard InChI is InChI=1S/C19H25F4N3O2/c1-11-14(20)8-12(19(21,22)23)9-15(11)25-17(24-13-6-5-7-13)26-16(27)10-18(2,3)28-4/h8-9,13H,5-7,10H2,1-4H3,(H2,24,25,26,27). The number of nitrogens with one attached hydrogen (secondary N) is 2. The van der Waals surface area contributed by atoms with Gasteiger partial charge in [0.2, 0.25) is 11.9 Å². The average Bonchev–Trinajstić information content (AvgIpc) is 2.53. The van der Waals surface area contributed by atoms with Crippen LogP contribution in [0.2, 0.25) is 0 Å². The molecular weight excluding hydrogens is 378 g/mol. The van der Waals surface area contributed by atoms with Gasteiger partial charge in [0, 0.05) is 18.4 Å². The maximum absolute atomic E-state index is 14.0. The van der Waals surface area contributed by atoms with E-state index >= 15 is 0 Å². The van der Waals surface area contributed by atoms with Crippen LogP contribution in [-0.4, -0.2) is 30.6 Å². The highest BCUT2D eigenvalue weighted by molar-refractivity contribution is 6.04. The van der Waals surface area contributed by atoms with Crippen molar-refractivity contribution in [2.24, 2.45) is 4.99 Å². The van der Waals surface area contributed by atoms with E-state index in [0.29, 0.717) is 6.07 Å². The summed E-state index contributed by atoms with van der Waals surface area (Å²) in [6.07, 6.45) is -2.04. The fraction of sp³-hybridized carbons (Fsp3) is 0.579. The Morgan fingerprint density at radius 3 is 2.43 bits per heavy atom.